The summed E-state index contributed by atoms with van der Waals surface area (Å²) >= 11 is 6.60. The first-order valence-electron chi connectivity index (χ1n) is 12.6. The Hall–Kier alpha value is -3.65. The van der Waals surface area contributed by atoms with Crippen molar-refractivity contribution in [3.8, 4) is 0 Å². The summed E-state index contributed by atoms with van der Waals surface area (Å²) < 4.78 is 4.98. The number of nitrogens with one attached hydrogen (secondary N) is 2. The molecule has 3 amide bonds. The molecule has 0 unspecified atom stereocenters. The van der Waals surface area contributed by atoms with Crippen molar-refractivity contribution in [3.05, 3.63) is 76.0 Å². The molecular formula is C29H35ClN4O4. The van der Waals surface area contributed by atoms with E-state index in [4.69, 9.17) is 16.1 Å². The molecule has 0 aliphatic carbocycles. The summed E-state index contributed by atoms with van der Waals surface area (Å²) in [4.78, 5) is 41.9. The highest BCUT2D eigenvalue weighted by atomic mass is 35.5. The van der Waals surface area contributed by atoms with Crippen molar-refractivity contribution in [1.82, 2.24) is 10.5 Å². The molecule has 1 atom stereocenters. The van der Waals surface area contributed by atoms with E-state index in [9.17, 15) is 14.4 Å². The largest absolute Gasteiger partial charge is 0.360 e. The molecule has 0 saturated carbocycles. The summed E-state index contributed by atoms with van der Waals surface area (Å²) in [6.45, 7) is 11.4. The van der Waals surface area contributed by atoms with Gasteiger partial charge in [0.15, 0.2) is 5.82 Å². The van der Waals surface area contributed by atoms with Crippen LogP contribution in [0.5, 0.6) is 0 Å². The second-order valence-corrected chi connectivity index (χ2v) is 10.4. The Morgan fingerprint density at radius 1 is 1.05 bits per heavy atom. The molecule has 38 heavy (non-hydrogen) atoms. The summed E-state index contributed by atoms with van der Waals surface area (Å²) in [7, 11) is 0. The van der Waals surface area contributed by atoms with Crippen molar-refractivity contribution in [2.24, 2.45) is 0 Å². The lowest BCUT2D eigenvalue weighted by Gasteiger charge is -2.36. The minimum Gasteiger partial charge on any atom is -0.360 e. The lowest BCUT2D eigenvalue weighted by molar-refractivity contribution is -0.128. The van der Waals surface area contributed by atoms with Gasteiger partial charge in [-0.2, -0.15) is 0 Å². The second-order valence-electron chi connectivity index (χ2n) is 10.0. The molecule has 202 valence electrons. The summed E-state index contributed by atoms with van der Waals surface area (Å²) in [6, 6.07) is 13.1. The first kappa shape index (κ1) is 28.9. The fourth-order valence-electron chi connectivity index (χ4n) is 3.97. The Morgan fingerprint density at radius 2 is 1.76 bits per heavy atom. The molecular weight excluding hydrogens is 504 g/mol. The van der Waals surface area contributed by atoms with Crippen molar-refractivity contribution in [2.75, 3.05) is 10.2 Å². The molecule has 3 aromatic rings. The fourth-order valence-corrected chi connectivity index (χ4v) is 4.21. The van der Waals surface area contributed by atoms with E-state index in [1.807, 2.05) is 46.8 Å². The van der Waals surface area contributed by atoms with Crippen LogP contribution >= 0.6 is 11.6 Å². The molecule has 2 N–H and O–H groups in total. The van der Waals surface area contributed by atoms with Gasteiger partial charge >= 0.3 is 0 Å². The molecule has 3 rings (SSSR count). The number of hydrogen-bond donors (Lipinski definition) is 2. The number of rotatable bonds is 10. The fraction of sp³-hybridized carbons (Fsp3) is 0.379. The molecule has 0 fully saturated rings. The molecule has 0 aliphatic rings. The van der Waals surface area contributed by atoms with Crippen LogP contribution in [0.25, 0.3) is 0 Å². The maximum absolute atomic E-state index is 13.9. The van der Waals surface area contributed by atoms with Crippen LogP contribution in [-0.4, -0.2) is 28.4 Å². The first-order valence-corrected chi connectivity index (χ1v) is 13.0. The van der Waals surface area contributed by atoms with Crippen molar-refractivity contribution >= 4 is 40.8 Å². The Kier molecular flexibility index (Phi) is 9.33. The van der Waals surface area contributed by atoms with E-state index >= 15 is 0 Å². The zero-order valence-electron chi connectivity index (χ0n) is 22.7. The topological polar surface area (TPSA) is 105 Å². The minimum atomic E-state index is -1.05. The standard InChI is InChI=1S/C29H35ClN4O4/c1-7-29(5,6)32-28(37)27(21-12-8-9-13-22(21)30)34(23-14-10-11-18(2)20(23)4)26(36)16-15-25(35)31-24-17-19(3)38-33-24/h8-14,17,27H,7,15-16H2,1-6H3,(H,32,37)(H,31,33,35)/t27-/m0/s1. The first-order chi connectivity index (χ1) is 17.9. The van der Waals surface area contributed by atoms with Crippen molar-refractivity contribution < 1.29 is 18.9 Å². The van der Waals surface area contributed by atoms with Crippen LogP contribution in [0.4, 0.5) is 11.5 Å². The maximum atomic E-state index is 13.9. The number of anilines is 2. The minimum absolute atomic E-state index is 0.108. The number of aromatic nitrogens is 1. The number of hydrogen-bond acceptors (Lipinski definition) is 5. The van der Waals surface area contributed by atoms with E-state index in [0.717, 1.165) is 11.1 Å². The third-order valence-corrected chi connectivity index (χ3v) is 6.96. The molecule has 0 bridgehead atoms. The number of carbonyl (C=O) groups is 3. The lowest BCUT2D eigenvalue weighted by atomic mass is 9.96. The summed E-state index contributed by atoms with van der Waals surface area (Å²) in [5.41, 5.74) is 2.38. The summed E-state index contributed by atoms with van der Waals surface area (Å²) in [6.07, 6.45) is 0.442. The molecule has 0 saturated heterocycles. The lowest BCUT2D eigenvalue weighted by Crippen LogP contribution is -2.50. The Bertz CT molecular complexity index is 1320. The van der Waals surface area contributed by atoms with Gasteiger partial charge in [-0.15, -0.1) is 0 Å². The van der Waals surface area contributed by atoms with Gasteiger partial charge in [0, 0.05) is 40.7 Å². The third kappa shape index (κ3) is 7.01. The number of carbonyl (C=O) groups excluding carboxylic acids is 3. The molecule has 1 heterocycles. The third-order valence-electron chi connectivity index (χ3n) is 6.62. The van der Waals surface area contributed by atoms with E-state index in [2.05, 4.69) is 15.8 Å². The van der Waals surface area contributed by atoms with E-state index in [1.54, 1.807) is 43.3 Å². The molecule has 1 aromatic heterocycles. The van der Waals surface area contributed by atoms with Crippen LogP contribution in [0.2, 0.25) is 5.02 Å². The van der Waals surface area contributed by atoms with E-state index in [-0.39, 0.29) is 30.5 Å². The van der Waals surface area contributed by atoms with Gasteiger partial charge in [0.2, 0.25) is 17.7 Å². The van der Waals surface area contributed by atoms with Crippen LogP contribution in [-0.2, 0) is 14.4 Å². The number of halogens is 1. The van der Waals surface area contributed by atoms with Gasteiger partial charge in [0.25, 0.3) is 0 Å². The van der Waals surface area contributed by atoms with Crippen LogP contribution in [0, 0.1) is 20.8 Å². The molecule has 0 spiro atoms. The van der Waals surface area contributed by atoms with E-state index in [1.165, 1.54) is 4.90 Å². The molecule has 9 heteroatoms. The van der Waals surface area contributed by atoms with Gasteiger partial charge in [-0.1, -0.05) is 54.0 Å². The van der Waals surface area contributed by atoms with Crippen molar-refractivity contribution in [3.63, 3.8) is 0 Å². The van der Waals surface area contributed by atoms with Gasteiger partial charge in [-0.05, 0) is 64.3 Å². The predicted octanol–water partition coefficient (Wildman–Crippen LogP) is 6.05. The van der Waals surface area contributed by atoms with E-state index in [0.29, 0.717) is 28.5 Å². The molecule has 8 nitrogen and oxygen atoms in total. The van der Waals surface area contributed by atoms with Gasteiger partial charge in [0.05, 0.1) is 0 Å². The second kappa shape index (κ2) is 12.3. The maximum Gasteiger partial charge on any atom is 0.248 e. The Labute approximate surface area is 228 Å². The van der Waals surface area contributed by atoms with E-state index < -0.39 is 17.5 Å². The smallest absolute Gasteiger partial charge is 0.248 e. The van der Waals surface area contributed by atoms with Crippen LogP contribution in [0.15, 0.2) is 53.1 Å². The summed E-state index contributed by atoms with van der Waals surface area (Å²) in [5, 5.41) is 9.84. The number of amides is 3. The average Bonchev–Trinajstić information content (AvgIpc) is 3.27. The highest BCUT2D eigenvalue weighted by Gasteiger charge is 2.36. The van der Waals surface area contributed by atoms with Crippen molar-refractivity contribution in [1.29, 1.82) is 0 Å². The average molecular weight is 539 g/mol. The predicted molar refractivity (Wildman–Crippen MR) is 149 cm³/mol. The number of nitrogens with zero attached hydrogens (tertiary/aromatic N) is 2. The summed E-state index contributed by atoms with van der Waals surface area (Å²) in [5.74, 6) is -0.303. The molecule has 2 aromatic carbocycles. The number of benzene rings is 2. The van der Waals surface area contributed by atoms with Crippen LogP contribution < -0.4 is 15.5 Å². The Morgan fingerprint density at radius 3 is 2.39 bits per heavy atom. The highest BCUT2D eigenvalue weighted by molar-refractivity contribution is 6.31. The van der Waals surface area contributed by atoms with Gasteiger partial charge in [-0.3, -0.25) is 19.3 Å². The van der Waals surface area contributed by atoms with Gasteiger partial charge in [-0.25, -0.2) is 0 Å². The normalized spacial score (nSPS) is 12.1. The quantitative estimate of drug-likeness (QED) is 0.327. The van der Waals surface area contributed by atoms with Crippen LogP contribution in [0.3, 0.4) is 0 Å². The highest BCUT2D eigenvalue weighted by Crippen LogP contribution is 2.35. The zero-order chi connectivity index (χ0) is 28.0. The zero-order valence-corrected chi connectivity index (χ0v) is 23.5. The molecule has 0 radical (unpaired) electrons. The van der Waals surface area contributed by atoms with Crippen LogP contribution in [0.1, 0.15) is 68.5 Å². The van der Waals surface area contributed by atoms with Crippen molar-refractivity contribution in [2.45, 2.75) is 72.4 Å². The van der Waals surface area contributed by atoms with Gasteiger partial charge in [0.1, 0.15) is 11.8 Å². The number of aryl methyl sites for hydroxylation is 2. The SMILES string of the molecule is CCC(C)(C)NC(=O)[C@H](c1ccccc1Cl)N(C(=O)CCC(=O)Nc1cc(C)on1)c1cccc(C)c1C. The van der Waals surface area contributed by atoms with Gasteiger partial charge < -0.3 is 15.2 Å². The molecule has 0 aliphatic heterocycles. The Balaban J connectivity index is 2.03. The monoisotopic (exact) mass is 538 g/mol.